The zero-order valence-electron chi connectivity index (χ0n) is 13.4. The van der Waals surface area contributed by atoms with Crippen LogP contribution in [0.25, 0.3) is 11.2 Å². The second-order valence-corrected chi connectivity index (χ2v) is 5.63. The number of benzene rings is 1. The molecule has 0 spiro atoms. The number of anilines is 1. The number of hydrogen-bond donors (Lipinski definition) is 2. The monoisotopic (exact) mass is 339 g/mol. The van der Waals surface area contributed by atoms with E-state index in [-0.39, 0.29) is 17.8 Å². The van der Waals surface area contributed by atoms with Crippen molar-refractivity contribution in [3.63, 3.8) is 0 Å². The summed E-state index contributed by atoms with van der Waals surface area (Å²) in [6, 6.07) is 7.64. The lowest BCUT2D eigenvalue weighted by Crippen LogP contribution is -2.05. The maximum Gasteiger partial charge on any atom is 0.320 e. The van der Waals surface area contributed by atoms with Crippen molar-refractivity contribution in [1.82, 2.24) is 19.5 Å². The highest BCUT2D eigenvalue weighted by molar-refractivity contribution is 5.83. The van der Waals surface area contributed by atoms with Crippen molar-refractivity contribution in [2.75, 3.05) is 18.9 Å². The van der Waals surface area contributed by atoms with Crippen LogP contribution in [0.15, 0.2) is 36.4 Å². The second kappa shape index (κ2) is 6.31. The van der Waals surface area contributed by atoms with E-state index in [0.717, 1.165) is 11.3 Å². The molecule has 25 heavy (non-hydrogen) atoms. The van der Waals surface area contributed by atoms with Crippen molar-refractivity contribution in [2.24, 2.45) is 0 Å². The van der Waals surface area contributed by atoms with Gasteiger partial charge in [0.1, 0.15) is 12.4 Å². The standard InChI is InChI=1S/C17H17N5O3/c18-14-13-15-21-16(20-14)25-8-3-1-2-7-24-12-6-4-5-11(9-12)10-22(15)17(23)19-13/h1-2,4-6,9H,3,7-8,10H2,(H,19,23)(H2,18,20,21)/b2-1+. The van der Waals surface area contributed by atoms with Crippen LogP contribution in [0.3, 0.4) is 0 Å². The van der Waals surface area contributed by atoms with Crippen LogP contribution in [-0.4, -0.2) is 37.8 Å². The maximum absolute atomic E-state index is 10.2. The SMILES string of the molecule is Nc1nc2nc3c1nc(O)n3Cc1cccc(c1)OC/C=C/CCO2. The van der Waals surface area contributed by atoms with Gasteiger partial charge in [0, 0.05) is 0 Å². The summed E-state index contributed by atoms with van der Waals surface area (Å²) in [5.41, 5.74) is 7.66. The first-order valence-electron chi connectivity index (χ1n) is 7.93. The summed E-state index contributed by atoms with van der Waals surface area (Å²) in [5, 5.41) is 10.2. The summed E-state index contributed by atoms with van der Waals surface area (Å²) in [4.78, 5) is 12.5. The molecule has 0 radical (unpaired) electrons. The summed E-state index contributed by atoms with van der Waals surface area (Å²) in [6.07, 6.45) is 4.60. The first kappa shape index (κ1) is 15.3. The molecule has 3 aromatic rings. The summed E-state index contributed by atoms with van der Waals surface area (Å²) in [6.45, 7) is 1.25. The Morgan fingerprint density at radius 1 is 1.12 bits per heavy atom. The molecule has 1 aliphatic rings. The molecule has 3 heterocycles. The lowest BCUT2D eigenvalue weighted by molar-refractivity contribution is 0.299. The molecule has 0 saturated carbocycles. The van der Waals surface area contributed by atoms with Gasteiger partial charge in [0.15, 0.2) is 17.0 Å². The molecule has 3 N–H and O–H groups in total. The van der Waals surface area contributed by atoms with E-state index in [9.17, 15) is 5.11 Å². The van der Waals surface area contributed by atoms with Gasteiger partial charge in [-0.1, -0.05) is 24.3 Å². The molecular formula is C17H17N5O3. The average molecular weight is 339 g/mol. The van der Waals surface area contributed by atoms with Gasteiger partial charge in [0.25, 0.3) is 6.01 Å². The van der Waals surface area contributed by atoms with Gasteiger partial charge < -0.3 is 20.3 Å². The van der Waals surface area contributed by atoms with Crippen LogP contribution in [0, 0.1) is 0 Å². The van der Waals surface area contributed by atoms with E-state index in [4.69, 9.17) is 15.2 Å². The molecule has 0 fully saturated rings. The number of fused-ring (bicyclic) bond motifs is 3. The topological polar surface area (TPSA) is 108 Å². The number of nitrogens with two attached hydrogens (primary N) is 1. The van der Waals surface area contributed by atoms with Gasteiger partial charge in [-0.05, 0) is 24.1 Å². The van der Waals surface area contributed by atoms with E-state index in [1.807, 2.05) is 36.4 Å². The highest BCUT2D eigenvalue weighted by Crippen LogP contribution is 2.26. The lowest BCUT2D eigenvalue weighted by atomic mass is 10.2. The Morgan fingerprint density at radius 2 is 2.04 bits per heavy atom. The van der Waals surface area contributed by atoms with Crippen LogP contribution in [0.2, 0.25) is 0 Å². The smallest absolute Gasteiger partial charge is 0.320 e. The Kier molecular flexibility index (Phi) is 3.85. The second-order valence-electron chi connectivity index (χ2n) is 5.63. The number of aromatic nitrogens is 4. The molecule has 4 rings (SSSR count). The normalized spacial score (nSPS) is 15.8. The van der Waals surface area contributed by atoms with E-state index in [2.05, 4.69) is 15.0 Å². The van der Waals surface area contributed by atoms with E-state index in [1.165, 1.54) is 0 Å². The minimum absolute atomic E-state index is 0.166. The zero-order chi connectivity index (χ0) is 17.2. The minimum atomic E-state index is -0.176. The Morgan fingerprint density at radius 3 is 2.96 bits per heavy atom. The lowest BCUT2D eigenvalue weighted by Gasteiger charge is -2.08. The van der Waals surface area contributed by atoms with Crippen LogP contribution in [0.1, 0.15) is 12.0 Å². The number of ether oxygens (including phenoxy) is 2. The van der Waals surface area contributed by atoms with Gasteiger partial charge in [0.2, 0.25) is 0 Å². The van der Waals surface area contributed by atoms with Gasteiger partial charge in [-0.25, -0.2) is 0 Å². The van der Waals surface area contributed by atoms with E-state index in [0.29, 0.717) is 37.3 Å². The summed E-state index contributed by atoms with van der Waals surface area (Å²) in [5.74, 6) is 0.929. The molecule has 8 heteroatoms. The Bertz CT molecular complexity index is 951. The predicted octanol–water partition coefficient (Wildman–Crippen LogP) is 1.88. The minimum Gasteiger partial charge on any atom is -0.490 e. The molecule has 4 bridgehead atoms. The molecule has 1 aliphatic heterocycles. The van der Waals surface area contributed by atoms with Gasteiger partial charge in [-0.15, -0.1) is 0 Å². The van der Waals surface area contributed by atoms with Gasteiger partial charge >= 0.3 is 6.01 Å². The largest absolute Gasteiger partial charge is 0.490 e. The predicted molar refractivity (Wildman–Crippen MR) is 91.7 cm³/mol. The van der Waals surface area contributed by atoms with Gasteiger partial charge in [-0.3, -0.25) is 4.57 Å². The molecular weight excluding hydrogens is 322 g/mol. The molecule has 128 valence electrons. The quantitative estimate of drug-likeness (QED) is 0.602. The summed E-state index contributed by atoms with van der Waals surface area (Å²) >= 11 is 0. The molecule has 0 atom stereocenters. The third kappa shape index (κ3) is 3.06. The number of aromatic hydroxyl groups is 1. The molecule has 8 nitrogen and oxygen atoms in total. The number of nitrogen functional groups attached to an aromatic ring is 1. The number of imidazole rings is 1. The van der Waals surface area contributed by atoms with Crippen LogP contribution < -0.4 is 15.2 Å². The van der Waals surface area contributed by atoms with E-state index >= 15 is 0 Å². The molecule has 1 aromatic carbocycles. The fourth-order valence-corrected chi connectivity index (χ4v) is 2.66. The van der Waals surface area contributed by atoms with Gasteiger partial charge in [0.05, 0.1) is 13.2 Å². The zero-order valence-corrected chi connectivity index (χ0v) is 13.4. The fraction of sp³-hybridized carbons (Fsp3) is 0.235. The number of rotatable bonds is 0. The van der Waals surface area contributed by atoms with Crippen LogP contribution in [-0.2, 0) is 6.54 Å². The molecule has 0 unspecified atom stereocenters. The molecule has 0 saturated heterocycles. The number of nitrogens with zero attached hydrogens (tertiary/aromatic N) is 4. The first-order valence-corrected chi connectivity index (χ1v) is 7.93. The van der Waals surface area contributed by atoms with E-state index in [1.54, 1.807) is 4.57 Å². The van der Waals surface area contributed by atoms with Crippen molar-refractivity contribution in [3.8, 4) is 17.8 Å². The molecule has 0 amide bonds. The van der Waals surface area contributed by atoms with Gasteiger partial charge in [-0.2, -0.15) is 15.0 Å². The average Bonchev–Trinajstić information content (AvgIpc) is 2.90. The fourth-order valence-electron chi connectivity index (χ4n) is 2.66. The summed E-state index contributed by atoms with van der Waals surface area (Å²) < 4.78 is 12.8. The van der Waals surface area contributed by atoms with E-state index < -0.39 is 0 Å². The highest BCUT2D eigenvalue weighted by atomic mass is 16.5. The van der Waals surface area contributed by atoms with Crippen LogP contribution in [0.5, 0.6) is 17.8 Å². The summed E-state index contributed by atoms with van der Waals surface area (Å²) in [7, 11) is 0. The third-order valence-corrected chi connectivity index (χ3v) is 3.85. The Labute approximate surface area is 143 Å². The maximum atomic E-state index is 10.2. The van der Waals surface area contributed by atoms with Crippen molar-refractivity contribution in [3.05, 3.63) is 42.0 Å². The van der Waals surface area contributed by atoms with Crippen LogP contribution in [0.4, 0.5) is 5.82 Å². The third-order valence-electron chi connectivity index (χ3n) is 3.85. The Balaban J connectivity index is 1.83. The molecule has 2 aromatic heterocycles. The number of hydrogen-bond acceptors (Lipinski definition) is 7. The van der Waals surface area contributed by atoms with Crippen LogP contribution >= 0.6 is 0 Å². The van der Waals surface area contributed by atoms with Crippen molar-refractivity contribution in [2.45, 2.75) is 13.0 Å². The molecule has 0 aliphatic carbocycles. The first-order chi connectivity index (χ1) is 12.2. The van der Waals surface area contributed by atoms with Crippen molar-refractivity contribution in [1.29, 1.82) is 0 Å². The highest BCUT2D eigenvalue weighted by Gasteiger charge is 2.17. The Hall–Kier alpha value is -3.29. The van der Waals surface area contributed by atoms with Crippen molar-refractivity contribution < 1.29 is 14.6 Å². The van der Waals surface area contributed by atoms with Crippen molar-refractivity contribution >= 4 is 17.0 Å².